The summed E-state index contributed by atoms with van der Waals surface area (Å²) in [5.74, 6) is 0. The maximum atomic E-state index is 5.69. The van der Waals surface area contributed by atoms with Crippen LogP contribution in [0.3, 0.4) is 0 Å². The van der Waals surface area contributed by atoms with Gasteiger partial charge in [0.25, 0.3) is 0 Å². The molecule has 0 spiro atoms. The molecule has 0 unspecified atom stereocenters. The lowest BCUT2D eigenvalue weighted by molar-refractivity contribution is 0.331. The van der Waals surface area contributed by atoms with Gasteiger partial charge < -0.3 is 4.43 Å². The van der Waals surface area contributed by atoms with Crippen LogP contribution >= 0.6 is 0 Å². The largest absolute Gasteiger partial charge is 0.409 e. The van der Waals surface area contributed by atoms with Gasteiger partial charge in [0.1, 0.15) is 0 Å². The minimum absolute atomic E-state index is 0.525. The Balaban J connectivity index is 4.45. The molecule has 64 valence electrons. The minimum atomic E-state index is -1.79. The fourth-order valence-corrected chi connectivity index (χ4v) is 3.27. The van der Waals surface area contributed by atoms with Gasteiger partial charge in [0.15, 0.2) is 0 Å². The maximum Gasteiger partial charge on any atom is 0.242 e. The predicted molar refractivity (Wildman–Crippen MR) is 52.9 cm³/mol. The maximum absolute atomic E-state index is 5.69. The van der Waals surface area contributed by atoms with Crippen LogP contribution in [0.2, 0.25) is 5.54 Å². The highest BCUT2D eigenvalue weighted by molar-refractivity contribution is 6.84. The van der Waals surface area contributed by atoms with E-state index in [1.807, 2.05) is 18.3 Å². The second kappa shape index (κ2) is 4.52. The first-order valence-corrected chi connectivity index (χ1v) is 6.18. The molecular formula is C9H18OSi. The van der Waals surface area contributed by atoms with Crippen molar-refractivity contribution in [1.82, 2.24) is 0 Å². The van der Waals surface area contributed by atoms with Crippen molar-refractivity contribution >= 4 is 8.32 Å². The molecule has 2 heteroatoms. The van der Waals surface area contributed by atoms with Gasteiger partial charge in [0.2, 0.25) is 8.32 Å². The molecule has 0 saturated heterocycles. The molecule has 11 heavy (non-hydrogen) atoms. The van der Waals surface area contributed by atoms with Gasteiger partial charge in [0, 0.05) is 6.61 Å². The predicted octanol–water partition coefficient (Wildman–Crippen LogP) is 2.83. The van der Waals surface area contributed by atoms with Crippen molar-refractivity contribution in [2.45, 2.75) is 26.3 Å². The van der Waals surface area contributed by atoms with E-state index >= 15 is 0 Å². The smallest absolute Gasteiger partial charge is 0.242 e. The molecule has 0 aliphatic heterocycles. The first-order valence-electron chi connectivity index (χ1n) is 4.04. The van der Waals surface area contributed by atoms with Crippen LogP contribution in [-0.2, 0) is 4.43 Å². The third-order valence-electron chi connectivity index (χ3n) is 1.93. The molecule has 0 aromatic heterocycles. The summed E-state index contributed by atoms with van der Waals surface area (Å²) in [6, 6.07) is 0. The molecule has 0 atom stereocenters. The molecule has 0 aliphatic rings. The molecule has 0 aromatic carbocycles. The van der Waals surface area contributed by atoms with E-state index < -0.39 is 8.32 Å². The Morgan fingerprint density at radius 3 is 1.91 bits per heavy atom. The van der Waals surface area contributed by atoms with Crippen LogP contribution in [0, 0.1) is 0 Å². The van der Waals surface area contributed by atoms with Crippen molar-refractivity contribution in [3.63, 3.8) is 0 Å². The van der Waals surface area contributed by atoms with Crippen LogP contribution in [0.5, 0.6) is 0 Å². The number of hydrogen-bond acceptors (Lipinski definition) is 1. The van der Waals surface area contributed by atoms with Gasteiger partial charge in [-0.15, -0.1) is 13.2 Å². The molecule has 1 nitrogen and oxygen atoms in total. The lowest BCUT2D eigenvalue weighted by Crippen LogP contribution is -2.37. The Bertz CT molecular complexity index is 132. The summed E-state index contributed by atoms with van der Waals surface area (Å²) in [6.07, 6.45) is 0. The van der Waals surface area contributed by atoms with Crippen LogP contribution in [0.25, 0.3) is 0 Å². The molecule has 0 radical (unpaired) electrons. The Hall–Kier alpha value is -0.343. The molecule has 0 fully saturated rings. The summed E-state index contributed by atoms with van der Waals surface area (Å²) in [7, 11) is -1.79. The van der Waals surface area contributed by atoms with Gasteiger partial charge in [-0.1, -0.05) is 25.2 Å². The van der Waals surface area contributed by atoms with Crippen molar-refractivity contribution in [3.8, 4) is 0 Å². The zero-order valence-electron chi connectivity index (χ0n) is 7.76. The van der Waals surface area contributed by atoms with Gasteiger partial charge in [-0.25, -0.2) is 0 Å². The summed E-state index contributed by atoms with van der Waals surface area (Å²) >= 11 is 0. The van der Waals surface area contributed by atoms with Crippen molar-refractivity contribution in [2.24, 2.45) is 0 Å². The minimum Gasteiger partial charge on any atom is -0.409 e. The zero-order chi connectivity index (χ0) is 8.91. The molecule has 0 aromatic rings. The van der Waals surface area contributed by atoms with Gasteiger partial charge in [-0.2, -0.15) is 0 Å². The molecule has 0 rings (SSSR count). The average Bonchev–Trinajstić information content (AvgIpc) is 2.00. The van der Waals surface area contributed by atoms with E-state index in [2.05, 4.69) is 27.0 Å². The molecule has 0 aliphatic carbocycles. The van der Waals surface area contributed by atoms with Crippen LogP contribution in [0.15, 0.2) is 24.6 Å². The highest BCUT2D eigenvalue weighted by Crippen LogP contribution is 2.23. The van der Waals surface area contributed by atoms with Crippen molar-refractivity contribution in [1.29, 1.82) is 0 Å². The molecule has 0 N–H and O–H groups in total. The van der Waals surface area contributed by atoms with Gasteiger partial charge >= 0.3 is 0 Å². The summed E-state index contributed by atoms with van der Waals surface area (Å²) in [4.78, 5) is 0. The zero-order valence-corrected chi connectivity index (χ0v) is 8.76. The summed E-state index contributed by atoms with van der Waals surface area (Å²) in [5, 5.41) is 0. The van der Waals surface area contributed by atoms with Crippen LogP contribution in [-0.4, -0.2) is 14.9 Å². The summed E-state index contributed by atoms with van der Waals surface area (Å²) in [5.41, 5.74) is 4.43. The Morgan fingerprint density at radius 2 is 1.82 bits per heavy atom. The third-order valence-corrected chi connectivity index (χ3v) is 5.80. The van der Waals surface area contributed by atoms with E-state index in [1.54, 1.807) is 0 Å². The fourth-order valence-electron chi connectivity index (χ4n) is 1.09. The molecule has 0 heterocycles. The van der Waals surface area contributed by atoms with E-state index in [0.717, 1.165) is 6.61 Å². The van der Waals surface area contributed by atoms with Gasteiger partial charge in [0.05, 0.1) is 0 Å². The molecule has 0 saturated carbocycles. The normalized spacial score (nSPS) is 11.6. The van der Waals surface area contributed by atoms with Crippen LogP contribution in [0.4, 0.5) is 0 Å². The highest BCUT2D eigenvalue weighted by Gasteiger charge is 2.31. The number of rotatable bonds is 5. The average molecular weight is 170 g/mol. The lowest BCUT2D eigenvalue weighted by Gasteiger charge is -2.27. The van der Waals surface area contributed by atoms with Crippen molar-refractivity contribution < 1.29 is 4.43 Å². The van der Waals surface area contributed by atoms with Crippen molar-refractivity contribution in [2.75, 3.05) is 6.61 Å². The SMILES string of the molecule is C=C[Si](C=C)(OCC)C(C)C. The molecular weight excluding hydrogens is 152 g/mol. The Kier molecular flexibility index (Phi) is 4.38. The topological polar surface area (TPSA) is 9.23 Å². The standard InChI is InChI=1S/C9H18OSi/c1-6-10-11(7-2,8-3)9(4)5/h7-9H,2-3,6H2,1,4-5H3. The second-order valence-corrected chi connectivity index (χ2v) is 6.82. The summed E-state index contributed by atoms with van der Waals surface area (Å²) in [6.45, 7) is 14.7. The third kappa shape index (κ3) is 2.31. The van der Waals surface area contributed by atoms with E-state index in [1.165, 1.54) is 0 Å². The Labute approximate surface area is 70.9 Å². The molecule has 0 bridgehead atoms. The van der Waals surface area contributed by atoms with E-state index in [4.69, 9.17) is 4.43 Å². The van der Waals surface area contributed by atoms with Crippen molar-refractivity contribution in [3.05, 3.63) is 24.6 Å². The lowest BCUT2D eigenvalue weighted by atomic mass is 10.6. The first-order chi connectivity index (χ1) is 5.13. The van der Waals surface area contributed by atoms with Crippen LogP contribution in [0.1, 0.15) is 20.8 Å². The van der Waals surface area contributed by atoms with Gasteiger partial charge in [-0.3, -0.25) is 0 Å². The summed E-state index contributed by atoms with van der Waals surface area (Å²) < 4.78 is 5.69. The molecule has 0 amide bonds. The van der Waals surface area contributed by atoms with E-state index in [-0.39, 0.29) is 0 Å². The quantitative estimate of drug-likeness (QED) is 0.577. The monoisotopic (exact) mass is 170 g/mol. The highest BCUT2D eigenvalue weighted by atomic mass is 28.4. The van der Waals surface area contributed by atoms with E-state index in [0.29, 0.717) is 5.54 Å². The van der Waals surface area contributed by atoms with E-state index in [9.17, 15) is 0 Å². The second-order valence-electron chi connectivity index (χ2n) is 2.85. The first kappa shape index (κ1) is 10.7. The fraction of sp³-hybridized carbons (Fsp3) is 0.556. The van der Waals surface area contributed by atoms with Gasteiger partial charge in [-0.05, 0) is 12.5 Å². The van der Waals surface area contributed by atoms with Crippen LogP contribution < -0.4 is 0 Å². The Morgan fingerprint density at radius 1 is 1.36 bits per heavy atom. The number of hydrogen-bond donors (Lipinski definition) is 0.